The van der Waals surface area contributed by atoms with Gasteiger partial charge in [-0.15, -0.1) is 5.10 Å². The van der Waals surface area contributed by atoms with E-state index in [0.717, 1.165) is 22.9 Å². The van der Waals surface area contributed by atoms with E-state index in [2.05, 4.69) is 21.0 Å². The molecule has 0 spiro atoms. The van der Waals surface area contributed by atoms with Gasteiger partial charge in [-0.3, -0.25) is 9.36 Å². The summed E-state index contributed by atoms with van der Waals surface area (Å²) in [6.45, 7) is -0.130. The zero-order valence-corrected chi connectivity index (χ0v) is 17.8. The van der Waals surface area contributed by atoms with Gasteiger partial charge in [-0.05, 0) is 67.3 Å². The van der Waals surface area contributed by atoms with E-state index in [-0.39, 0.29) is 42.7 Å². The number of hydrogen-bond donors (Lipinski definition) is 0. The SMILES string of the molecule is O=C(CCc1cc(Br)ccc1F)Cn1nc(-c2ccc(Cl)cc2)n(C2CC2)c1=O. The molecule has 29 heavy (non-hydrogen) atoms. The lowest BCUT2D eigenvalue weighted by atomic mass is 10.1. The van der Waals surface area contributed by atoms with Crippen molar-refractivity contribution in [2.24, 2.45) is 0 Å². The van der Waals surface area contributed by atoms with Gasteiger partial charge in [0.1, 0.15) is 12.4 Å². The topological polar surface area (TPSA) is 56.9 Å². The highest BCUT2D eigenvalue weighted by molar-refractivity contribution is 9.10. The quantitative estimate of drug-likeness (QED) is 0.490. The molecule has 0 amide bonds. The second-order valence-electron chi connectivity index (χ2n) is 7.15. The Morgan fingerprint density at radius 2 is 1.93 bits per heavy atom. The van der Waals surface area contributed by atoms with E-state index in [1.54, 1.807) is 28.8 Å². The summed E-state index contributed by atoms with van der Waals surface area (Å²) in [5, 5.41) is 5.02. The molecule has 1 aliphatic rings. The number of aromatic nitrogens is 3. The van der Waals surface area contributed by atoms with E-state index >= 15 is 0 Å². The summed E-state index contributed by atoms with van der Waals surface area (Å²) in [5.74, 6) is 0.0239. The van der Waals surface area contributed by atoms with E-state index in [4.69, 9.17) is 11.6 Å². The molecule has 0 atom stereocenters. The molecule has 0 unspecified atom stereocenters. The molecule has 1 saturated carbocycles. The summed E-state index contributed by atoms with van der Waals surface area (Å²) in [4.78, 5) is 25.3. The van der Waals surface area contributed by atoms with Crippen molar-refractivity contribution in [3.05, 3.63) is 73.8 Å². The monoisotopic (exact) mass is 477 g/mol. The molecule has 0 radical (unpaired) electrons. The Bertz CT molecular complexity index is 1120. The van der Waals surface area contributed by atoms with E-state index in [1.165, 1.54) is 10.7 Å². The van der Waals surface area contributed by atoms with Gasteiger partial charge >= 0.3 is 5.69 Å². The van der Waals surface area contributed by atoms with Crippen molar-refractivity contribution in [3.63, 3.8) is 0 Å². The van der Waals surface area contributed by atoms with Crippen LogP contribution in [0.5, 0.6) is 0 Å². The van der Waals surface area contributed by atoms with Gasteiger partial charge in [0.2, 0.25) is 0 Å². The summed E-state index contributed by atoms with van der Waals surface area (Å²) in [7, 11) is 0. The molecule has 150 valence electrons. The second-order valence-corrected chi connectivity index (χ2v) is 8.50. The summed E-state index contributed by atoms with van der Waals surface area (Å²) in [5.41, 5.74) is 0.950. The minimum Gasteiger partial charge on any atom is -0.298 e. The van der Waals surface area contributed by atoms with E-state index in [1.807, 2.05) is 12.1 Å². The fraction of sp³-hybridized carbons (Fsp3) is 0.286. The van der Waals surface area contributed by atoms with Crippen LogP contribution in [0.3, 0.4) is 0 Å². The van der Waals surface area contributed by atoms with Crippen LogP contribution in [0, 0.1) is 5.82 Å². The van der Waals surface area contributed by atoms with Gasteiger partial charge in [0.25, 0.3) is 0 Å². The Morgan fingerprint density at radius 1 is 1.21 bits per heavy atom. The van der Waals surface area contributed by atoms with E-state index in [9.17, 15) is 14.0 Å². The third-order valence-electron chi connectivity index (χ3n) is 4.89. The smallest absolute Gasteiger partial charge is 0.298 e. The Hall–Kier alpha value is -2.25. The van der Waals surface area contributed by atoms with E-state index in [0.29, 0.717) is 16.4 Å². The summed E-state index contributed by atoms with van der Waals surface area (Å²) in [6.07, 6.45) is 2.24. The molecule has 2 aromatic carbocycles. The average Bonchev–Trinajstić information content (AvgIpc) is 3.48. The average molecular weight is 479 g/mol. The highest BCUT2D eigenvalue weighted by atomic mass is 79.9. The van der Waals surface area contributed by atoms with Gasteiger partial charge in [0, 0.05) is 27.5 Å². The Morgan fingerprint density at radius 3 is 2.62 bits per heavy atom. The molecule has 0 bridgehead atoms. The minimum absolute atomic E-state index is 0.118. The molecule has 0 N–H and O–H groups in total. The molecule has 1 heterocycles. The Balaban J connectivity index is 1.53. The van der Waals surface area contributed by atoms with Crippen LogP contribution in [0.25, 0.3) is 11.4 Å². The van der Waals surface area contributed by atoms with Crippen molar-refractivity contribution in [1.29, 1.82) is 0 Å². The van der Waals surface area contributed by atoms with Crippen LogP contribution < -0.4 is 5.69 Å². The van der Waals surface area contributed by atoms with Crippen LogP contribution in [-0.2, 0) is 17.8 Å². The molecule has 4 rings (SSSR count). The first-order valence-electron chi connectivity index (χ1n) is 9.33. The van der Waals surface area contributed by atoms with Crippen LogP contribution >= 0.6 is 27.5 Å². The highest BCUT2D eigenvalue weighted by Crippen LogP contribution is 2.36. The van der Waals surface area contributed by atoms with Gasteiger partial charge in [-0.25, -0.2) is 13.9 Å². The zero-order chi connectivity index (χ0) is 20.5. The number of rotatable bonds is 7. The number of halogens is 3. The van der Waals surface area contributed by atoms with Crippen molar-refractivity contribution < 1.29 is 9.18 Å². The number of nitrogens with zero attached hydrogens (tertiary/aromatic N) is 3. The fourth-order valence-corrected chi connectivity index (χ4v) is 3.77. The molecule has 1 fully saturated rings. The number of aryl methyl sites for hydroxylation is 1. The van der Waals surface area contributed by atoms with Crippen LogP contribution in [0.1, 0.15) is 30.9 Å². The van der Waals surface area contributed by atoms with Gasteiger partial charge in [-0.2, -0.15) is 0 Å². The lowest BCUT2D eigenvalue weighted by molar-refractivity contribution is -0.119. The molecule has 0 aliphatic heterocycles. The zero-order valence-electron chi connectivity index (χ0n) is 15.4. The number of hydrogen-bond acceptors (Lipinski definition) is 3. The predicted octanol–water partition coefficient (Wildman–Crippen LogP) is 4.80. The summed E-state index contributed by atoms with van der Waals surface area (Å²) >= 11 is 9.26. The van der Waals surface area contributed by atoms with Crippen LogP contribution in [0.15, 0.2) is 51.7 Å². The summed E-state index contributed by atoms with van der Waals surface area (Å²) in [6, 6.07) is 11.9. The lowest BCUT2D eigenvalue weighted by Gasteiger charge is -2.04. The van der Waals surface area contributed by atoms with Crippen molar-refractivity contribution in [3.8, 4) is 11.4 Å². The number of ketones is 1. The third kappa shape index (κ3) is 4.51. The van der Waals surface area contributed by atoms with Crippen molar-refractivity contribution in [2.45, 2.75) is 38.3 Å². The third-order valence-corrected chi connectivity index (χ3v) is 5.64. The van der Waals surface area contributed by atoms with Gasteiger partial charge < -0.3 is 0 Å². The Labute approximate surface area is 180 Å². The predicted molar refractivity (Wildman–Crippen MR) is 113 cm³/mol. The minimum atomic E-state index is -0.346. The first-order valence-corrected chi connectivity index (χ1v) is 10.5. The van der Waals surface area contributed by atoms with Crippen LogP contribution in [-0.4, -0.2) is 20.1 Å². The number of carbonyl (C=O) groups is 1. The van der Waals surface area contributed by atoms with Crippen LogP contribution in [0.4, 0.5) is 4.39 Å². The lowest BCUT2D eigenvalue weighted by Crippen LogP contribution is -2.27. The molecule has 1 aromatic heterocycles. The van der Waals surface area contributed by atoms with E-state index < -0.39 is 0 Å². The second kappa shape index (κ2) is 8.24. The molecule has 3 aromatic rings. The first kappa shape index (κ1) is 20.0. The molecular formula is C21H18BrClFN3O2. The maximum Gasteiger partial charge on any atom is 0.346 e. The van der Waals surface area contributed by atoms with Crippen molar-refractivity contribution in [2.75, 3.05) is 0 Å². The highest BCUT2D eigenvalue weighted by Gasteiger charge is 2.30. The molecular weight excluding hydrogens is 461 g/mol. The first-order chi connectivity index (χ1) is 13.9. The fourth-order valence-electron chi connectivity index (χ4n) is 3.24. The normalized spacial score (nSPS) is 13.6. The number of carbonyl (C=O) groups excluding carboxylic acids is 1. The Kier molecular flexibility index (Phi) is 5.69. The van der Waals surface area contributed by atoms with Crippen molar-refractivity contribution in [1.82, 2.24) is 14.3 Å². The molecule has 8 heteroatoms. The van der Waals surface area contributed by atoms with Crippen molar-refractivity contribution >= 4 is 33.3 Å². The van der Waals surface area contributed by atoms with Gasteiger partial charge in [-0.1, -0.05) is 27.5 Å². The maximum atomic E-state index is 13.9. The van der Waals surface area contributed by atoms with Gasteiger partial charge in [0.05, 0.1) is 0 Å². The van der Waals surface area contributed by atoms with Crippen LogP contribution in [0.2, 0.25) is 5.02 Å². The molecule has 5 nitrogen and oxygen atoms in total. The standard InChI is InChI=1S/C21H18BrClFN3O2/c22-15-4-10-19(24)14(11-15)3-9-18(28)12-26-21(29)27(17-7-8-17)20(25-26)13-1-5-16(23)6-2-13/h1-2,4-6,10-11,17H,3,7-9,12H2. The van der Waals surface area contributed by atoms with Gasteiger partial charge in [0.15, 0.2) is 11.6 Å². The summed E-state index contributed by atoms with van der Waals surface area (Å²) < 4.78 is 17.5. The maximum absolute atomic E-state index is 13.9. The largest absolute Gasteiger partial charge is 0.346 e. The number of benzene rings is 2. The molecule has 1 aliphatic carbocycles. The number of Topliss-reactive ketones (excluding diaryl/α,β-unsaturated/α-hetero) is 1. The molecule has 0 saturated heterocycles.